The number of allylic oxidation sites excluding steroid dienone is 9. The van der Waals surface area contributed by atoms with Gasteiger partial charge in [0.15, 0.2) is 0 Å². The molecule has 0 aromatic heterocycles. The second-order valence-electron chi connectivity index (χ2n) is 11.6. The molecule has 1 saturated carbocycles. The van der Waals surface area contributed by atoms with Crippen LogP contribution in [0.1, 0.15) is 80.1 Å². The molecule has 5 unspecified atom stereocenters. The first kappa shape index (κ1) is 24.9. The summed E-state index contributed by atoms with van der Waals surface area (Å²) in [4.78, 5) is 14.9. The molecule has 1 heterocycles. The molecule has 0 aromatic rings. The van der Waals surface area contributed by atoms with Crippen molar-refractivity contribution >= 4 is 6.16 Å². The number of likely N-dealkylation sites (tertiary alicyclic amines) is 1. The Hall–Kier alpha value is -2.23. The molecule has 0 spiro atoms. The topological polar surface area (TPSA) is 38.8 Å². The quantitative estimate of drug-likeness (QED) is 0.399. The molecule has 1 aliphatic heterocycles. The summed E-state index contributed by atoms with van der Waals surface area (Å²) < 4.78 is 11.1. The molecule has 4 nitrogen and oxygen atoms in total. The first-order valence-electron chi connectivity index (χ1n) is 13.2. The molecular weight excluding hydrogens is 422 g/mol. The second-order valence-corrected chi connectivity index (χ2v) is 11.6. The summed E-state index contributed by atoms with van der Waals surface area (Å²) in [7, 11) is 2.27. The summed E-state index contributed by atoms with van der Waals surface area (Å²) in [6.45, 7) is 13.3. The Morgan fingerprint density at radius 3 is 2.71 bits per heavy atom. The maximum atomic E-state index is 12.4. The molecule has 0 bridgehead atoms. The number of rotatable bonds is 4. The van der Waals surface area contributed by atoms with Crippen LogP contribution < -0.4 is 0 Å². The highest BCUT2D eigenvalue weighted by Crippen LogP contribution is 2.62. The van der Waals surface area contributed by atoms with E-state index in [1.54, 1.807) is 0 Å². The lowest BCUT2D eigenvalue weighted by Gasteiger charge is -2.51. The Kier molecular flexibility index (Phi) is 6.90. The van der Waals surface area contributed by atoms with Crippen molar-refractivity contribution in [1.29, 1.82) is 0 Å². The largest absolute Gasteiger partial charge is 0.514 e. The number of hydrogen-bond acceptors (Lipinski definition) is 4. The van der Waals surface area contributed by atoms with E-state index in [0.717, 1.165) is 36.8 Å². The summed E-state index contributed by atoms with van der Waals surface area (Å²) in [5.41, 5.74) is 3.82. The lowest BCUT2D eigenvalue weighted by molar-refractivity contribution is 0.0328. The van der Waals surface area contributed by atoms with Gasteiger partial charge in [-0.05, 0) is 86.8 Å². The molecule has 34 heavy (non-hydrogen) atoms. The highest BCUT2D eigenvalue weighted by molar-refractivity contribution is 5.63. The van der Waals surface area contributed by atoms with Crippen LogP contribution in [-0.4, -0.2) is 30.2 Å². The Morgan fingerprint density at radius 2 is 1.97 bits per heavy atom. The van der Waals surface area contributed by atoms with Gasteiger partial charge in [0, 0.05) is 24.2 Å². The maximum absolute atomic E-state index is 12.4. The van der Waals surface area contributed by atoms with Crippen molar-refractivity contribution in [2.75, 3.05) is 7.05 Å². The van der Waals surface area contributed by atoms with Crippen LogP contribution in [0.25, 0.3) is 0 Å². The molecular formula is C30H43NO3. The Balaban J connectivity index is 1.63. The van der Waals surface area contributed by atoms with Crippen molar-refractivity contribution in [2.45, 2.75) is 92.2 Å². The van der Waals surface area contributed by atoms with E-state index in [9.17, 15) is 4.79 Å². The van der Waals surface area contributed by atoms with Crippen molar-refractivity contribution in [1.82, 2.24) is 4.90 Å². The highest BCUT2D eigenvalue weighted by Gasteiger charge is 2.59. The lowest BCUT2D eigenvalue weighted by Crippen LogP contribution is -2.49. The molecule has 5 atom stereocenters. The Morgan fingerprint density at radius 1 is 1.21 bits per heavy atom. The molecule has 4 aliphatic rings. The third-order valence-electron chi connectivity index (χ3n) is 9.03. The van der Waals surface area contributed by atoms with Gasteiger partial charge < -0.3 is 14.4 Å². The predicted molar refractivity (Wildman–Crippen MR) is 138 cm³/mol. The van der Waals surface area contributed by atoms with E-state index < -0.39 is 6.16 Å². The van der Waals surface area contributed by atoms with Crippen molar-refractivity contribution in [3.63, 3.8) is 0 Å². The molecule has 0 aromatic carbocycles. The third-order valence-corrected chi connectivity index (χ3v) is 9.03. The van der Waals surface area contributed by atoms with Gasteiger partial charge in [0.25, 0.3) is 0 Å². The van der Waals surface area contributed by atoms with Crippen LogP contribution in [0.15, 0.2) is 59.1 Å². The summed E-state index contributed by atoms with van der Waals surface area (Å²) in [5, 5.41) is 0. The average molecular weight is 466 g/mol. The standard InChI is InChI=1S/C30H43NO3/c1-8-21(3)33-28(32)34-26-20(2)12-11-13-22(26)15-18-25-29(4,5)27-24(31(25)7)17-16-23-14-9-10-19-30(23,27)6/h9-10,14-15,18-19,21,23-24,27H,8,11-13,16-17H2,1-7H3/b22-15+,25-18+. The lowest BCUT2D eigenvalue weighted by atomic mass is 9.52. The van der Waals surface area contributed by atoms with Gasteiger partial charge in [-0.25, -0.2) is 4.79 Å². The zero-order valence-corrected chi connectivity index (χ0v) is 22.2. The van der Waals surface area contributed by atoms with E-state index in [1.165, 1.54) is 18.5 Å². The zero-order chi connectivity index (χ0) is 24.7. The smallest absolute Gasteiger partial charge is 0.431 e. The van der Waals surface area contributed by atoms with Crippen molar-refractivity contribution in [2.24, 2.45) is 22.7 Å². The van der Waals surface area contributed by atoms with Crippen LogP contribution in [0.4, 0.5) is 4.79 Å². The number of ether oxygens (including phenoxy) is 2. The molecule has 3 aliphatic carbocycles. The van der Waals surface area contributed by atoms with E-state index >= 15 is 0 Å². The fraction of sp³-hybridized carbons (Fsp3) is 0.633. The van der Waals surface area contributed by atoms with Gasteiger partial charge in [-0.15, -0.1) is 0 Å². The van der Waals surface area contributed by atoms with Gasteiger partial charge in [-0.3, -0.25) is 0 Å². The van der Waals surface area contributed by atoms with Crippen molar-refractivity contribution in [3.05, 3.63) is 59.1 Å². The minimum Gasteiger partial charge on any atom is -0.431 e. The second kappa shape index (κ2) is 9.43. The summed E-state index contributed by atoms with van der Waals surface area (Å²) >= 11 is 0. The van der Waals surface area contributed by atoms with Crippen LogP contribution in [0, 0.1) is 22.7 Å². The highest BCUT2D eigenvalue weighted by atomic mass is 16.7. The number of fused-ring (bicyclic) bond motifs is 3. The van der Waals surface area contributed by atoms with Gasteiger partial charge in [0.2, 0.25) is 0 Å². The summed E-state index contributed by atoms with van der Waals surface area (Å²) in [6, 6.07) is 0.543. The molecule has 0 N–H and O–H groups in total. The Bertz CT molecular complexity index is 966. The van der Waals surface area contributed by atoms with Gasteiger partial charge in [-0.1, -0.05) is 58.1 Å². The zero-order valence-electron chi connectivity index (χ0n) is 22.2. The van der Waals surface area contributed by atoms with E-state index in [4.69, 9.17) is 9.47 Å². The van der Waals surface area contributed by atoms with E-state index in [2.05, 4.69) is 76.1 Å². The fourth-order valence-corrected chi connectivity index (χ4v) is 7.16. The van der Waals surface area contributed by atoms with Gasteiger partial charge >= 0.3 is 6.16 Å². The van der Waals surface area contributed by atoms with E-state index in [1.807, 2.05) is 13.8 Å². The van der Waals surface area contributed by atoms with Gasteiger partial charge in [-0.2, -0.15) is 0 Å². The number of carbonyl (C=O) groups excluding carboxylic acids is 1. The van der Waals surface area contributed by atoms with Gasteiger partial charge in [0.1, 0.15) is 11.9 Å². The summed E-state index contributed by atoms with van der Waals surface area (Å²) in [5.74, 6) is 1.88. The van der Waals surface area contributed by atoms with Crippen molar-refractivity contribution < 1.29 is 14.3 Å². The molecule has 186 valence electrons. The molecule has 0 radical (unpaired) electrons. The van der Waals surface area contributed by atoms with Crippen LogP contribution in [0.5, 0.6) is 0 Å². The van der Waals surface area contributed by atoms with Crippen LogP contribution in [0.2, 0.25) is 0 Å². The number of carbonyl (C=O) groups is 1. The first-order chi connectivity index (χ1) is 16.1. The predicted octanol–water partition coefficient (Wildman–Crippen LogP) is 7.71. The van der Waals surface area contributed by atoms with Crippen LogP contribution >= 0.6 is 0 Å². The molecule has 0 amide bonds. The third kappa shape index (κ3) is 4.29. The molecule has 4 heteroatoms. The van der Waals surface area contributed by atoms with Crippen LogP contribution in [0.3, 0.4) is 0 Å². The minimum atomic E-state index is -0.593. The minimum absolute atomic E-state index is 0.0450. The number of nitrogens with zero attached hydrogens (tertiary/aromatic N) is 1. The maximum Gasteiger partial charge on any atom is 0.514 e. The molecule has 2 fully saturated rings. The SMILES string of the molecule is CCC(C)OC(=O)OC1=C(C)CCC/C1=C\C=C1\N(C)C2CCC3C=CC=CC3(C)C2C1(C)C. The summed E-state index contributed by atoms with van der Waals surface area (Å²) in [6.07, 6.45) is 19.3. The number of hydrogen-bond donors (Lipinski definition) is 0. The van der Waals surface area contributed by atoms with E-state index in [0.29, 0.717) is 23.6 Å². The normalized spacial score (nSPS) is 35.4. The monoisotopic (exact) mass is 465 g/mol. The molecule has 1 saturated heterocycles. The van der Waals surface area contributed by atoms with Crippen LogP contribution in [-0.2, 0) is 9.47 Å². The molecule has 4 rings (SSSR count). The Labute approximate surface area is 206 Å². The average Bonchev–Trinajstić information content (AvgIpc) is 2.99. The van der Waals surface area contributed by atoms with Gasteiger partial charge in [0.05, 0.1) is 0 Å². The van der Waals surface area contributed by atoms with E-state index in [-0.39, 0.29) is 16.9 Å². The first-order valence-corrected chi connectivity index (χ1v) is 13.2. The van der Waals surface area contributed by atoms with Crippen molar-refractivity contribution in [3.8, 4) is 0 Å². The fourth-order valence-electron chi connectivity index (χ4n) is 7.16.